The van der Waals surface area contributed by atoms with Gasteiger partial charge in [-0.3, -0.25) is 0 Å². The minimum atomic E-state index is -0.680. The Morgan fingerprint density at radius 3 is 1.94 bits per heavy atom. The van der Waals surface area contributed by atoms with Gasteiger partial charge in [0.25, 0.3) is 0 Å². The summed E-state index contributed by atoms with van der Waals surface area (Å²) in [6, 6.07) is 25.9. The Hall–Kier alpha value is -4.50. The molecule has 0 aliphatic heterocycles. The standard InChI is InChI=1S/C27H17F2NO3/c28-22-9-5-21(6-10-22)25-14-13-24(15-26(25)29)33-27(31)17-32-23-11-7-20(8-12-23)19-3-1-18(16-30)2-4-19/h1-15H,17H2. The van der Waals surface area contributed by atoms with Crippen LogP contribution in [0.15, 0.2) is 91.0 Å². The first-order valence-electron chi connectivity index (χ1n) is 10.0. The maximum absolute atomic E-state index is 14.4. The highest BCUT2D eigenvalue weighted by Gasteiger charge is 2.11. The summed E-state index contributed by atoms with van der Waals surface area (Å²) < 4.78 is 38.1. The van der Waals surface area contributed by atoms with E-state index >= 15 is 0 Å². The zero-order valence-corrected chi connectivity index (χ0v) is 17.3. The summed E-state index contributed by atoms with van der Waals surface area (Å²) in [5, 5.41) is 8.88. The van der Waals surface area contributed by atoms with E-state index in [1.165, 1.54) is 36.4 Å². The van der Waals surface area contributed by atoms with Gasteiger partial charge in [0.05, 0.1) is 11.6 Å². The lowest BCUT2D eigenvalue weighted by Crippen LogP contribution is -2.17. The van der Waals surface area contributed by atoms with Crippen LogP contribution >= 0.6 is 0 Å². The van der Waals surface area contributed by atoms with Gasteiger partial charge in [0.2, 0.25) is 0 Å². The SMILES string of the molecule is N#Cc1ccc(-c2ccc(OCC(=O)Oc3ccc(-c4ccc(F)cc4)c(F)c3)cc2)cc1. The van der Waals surface area contributed by atoms with E-state index in [0.717, 1.165) is 17.2 Å². The van der Waals surface area contributed by atoms with Crippen LogP contribution in [0.2, 0.25) is 0 Å². The number of hydrogen-bond donors (Lipinski definition) is 0. The minimum absolute atomic E-state index is 0.0446. The second kappa shape index (κ2) is 9.75. The van der Waals surface area contributed by atoms with Crippen LogP contribution in [0.5, 0.6) is 11.5 Å². The highest BCUT2D eigenvalue weighted by molar-refractivity contribution is 5.74. The molecule has 0 aliphatic rings. The van der Waals surface area contributed by atoms with Crippen LogP contribution in [-0.4, -0.2) is 12.6 Å². The Morgan fingerprint density at radius 1 is 0.758 bits per heavy atom. The lowest BCUT2D eigenvalue weighted by Gasteiger charge is -2.09. The highest BCUT2D eigenvalue weighted by atomic mass is 19.1. The van der Waals surface area contributed by atoms with Crippen molar-refractivity contribution in [2.24, 2.45) is 0 Å². The maximum Gasteiger partial charge on any atom is 0.349 e. The molecule has 33 heavy (non-hydrogen) atoms. The average Bonchev–Trinajstić information content (AvgIpc) is 2.84. The zero-order chi connectivity index (χ0) is 23.2. The van der Waals surface area contributed by atoms with E-state index < -0.39 is 17.6 Å². The van der Waals surface area contributed by atoms with Gasteiger partial charge in [-0.05, 0) is 65.2 Å². The second-order valence-corrected chi connectivity index (χ2v) is 7.12. The first-order valence-corrected chi connectivity index (χ1v) is 10.0. The molecule has 0 saturated carbocycles. The fourth-order valence-corrected chi connectivity index (χ4v) is 3.21. The Bertz CT molecular complexity index is 1310. The third-order valence-electron chi connectivity index (χ3n) is 4.89. The summed E-state index contributed by atoms with van der Waals surface area (Å²) in [6.07, 6.45) is 0. The molecule has 0 aromatic heterocycles. The molecule has 0 N–H and O–H groups in total. The molecule has 0 unspecified atom stereocenters. The molecule has 0 heterocycles. The topological polar surface area (TPSA) is 59.3 Å². The molecule has 0 fully saturated rings. The Morgan fingerprint density at radius 2 is 1.33 bits per heavy atom. The van der Waals surface area contributed by atoms with Crippen molar-refractivity contribution in [1.29, 1.82) is 5.26 Å². The molecule has 0 atom stereocenters. The Labute approximate surface area is 189 Å². The van der Waals surface area contributed by atoms with Gasteiger partial charge in [-0.25, -0.2) is 13.6 Å². The quantitative estimate of drug-likeness (QED) is 0.266. The predicted molar refractivity (Wildman–Crippen MR) is 120 cm³/mol. The van der Waals surface area contributed by atoms with Gasteiger partial charge in [0.1, 0.15) is 23.1 Å². The summed E-state index contributed by atoms with van der Waals surface area (Å²) in [5.41, 5.74) is 3.26. The van der Waals surface area contributed by atoms with Crippen LogP contribution in [0.25, 0.3) is 22.3 Å². The number of rotatable bonds is 6. The molecule has 0 aliphatic carbocycles. The highest BCUT2D eigenvalue weighted by Crippen LogP contribution is 2.27. The fraction of sp³-hybridized carbons (Fsp3) is 0.0370. The van der Waals surface area contributed by atoms with Crippen LogP contribution in [-0.2, 0) is 4.79 Å². The van der Waals surface area contributed by atoms with E-state index in [1.807, 2.05) is 24.3 Å². The molecule has 0 spiro atoms. The molecule has 4 aromatic carbocycles. The van der Waals surface area contributed by atoms with Gasteiger partial charge >= 0.3 is 5.97 Å². The number of nitrogens with zero attached hydrogens (tertiary/aromatic N) is 1. The molecular weight excluding hydrogens is 424 g/mol. The predicted octanol–water partition coefficient (Wildman–Crippen LogP) is 6.15. The lowest BCUT2D eigenvalue weighted by atomic mass is 10.0. The Balaban J connectivity index is 1.34. The molecule has 6 heteroatoms. The normalized spacial score (nSPS) is 10.3. The largest absolute Gasteiger partial charge is 0.482 e. The second-order valence-electron chi connectivity index (χ2n) is 7.12. The lowest BCUT2D eigenvalue weighted by molar-refractivity contribution is -0.136. The number of carbonyl (C=O) groups is 1. The van der Waals surface area contributed by atoms with E-state index in [1.54, 1.807) is 24.3 Å². The number of ether oxygens (including phenoxy) is 2. The number of esters is 1. The number of carbonyl (C=O) groups excluding carboxylic acids is 1. The molecule has 4 aromatic rings. The van der Waals surface area contributed by atoms with Crippen molar-refractivity contribution in [2.45, 2.75) is 0 Å². The first-order chi connectivity index (χ1) is 16.0. The molecular formula is C27H17F2NO3. The van der Waals surface area contributed by atoms with Crippen LogP contribution in [0.4, 0.5) is 8.78 Å². The molecule has 0 radical (unpaired) electrons. The van der Waals surface area contributed by atoms with Gasteiger partial charge in [-0.1, -0.05) is 36.4 Å². The van der Waals surface area contributed by atoms with Crippen molar-refractivity contribution in [3.63, 3.8) is 0 Å². The van der Waals surface area contributed by atoms with Crippen molar-refractivity contribution < 1.29 is 23.0 Å². The summed E-state index contributed by atoms with van der Waals surface area (Å²) in [7, 11) is 0. The van der Waals surface area contributed by atoms with Gasteiger partial charge < -0.3 is 9.47 Å². The first kappa shape index (κ1) is 21.7. The van der Waals surface area contributed by atoms with Crippen molar-refractivity contribution in [3.8, 4) is 39.8 Å². The molecule has 0 bridgehead atoms. The Kier molecular flexibility index (Phi) is 6.42. The zero-order valence-electron chi connectivity index (χ0n) is 17.3. The minimum Gasteiger partial charge on any atom is -0.482 e. The van der Waals surface area contributed by atoms with Crippen molar-refractivity contribution in [1.82, 2.24) is 0 Å². The maximum atomic E-state index is 14.4. The average molecular weight is 441 g/mol. The molecule has 4 rings (SSSR count). The number of halogens is 2. The van der Waals surface area contributed by atoms with E-state index in [4.69, 9.17) is 14.7 Å². The number of hydrogen-bond acceptors (Lipinski definition) is 4. The van der Waals surface area contributed by atoms with Gasteiger partial charge in [-0.15, -0.1) is 0 Å². The van der Waals surface area contributed by atoms with Gasteiger partial charge in [-0.2, -0.15) is 5.26 Å². The molecule has 0 amide bonds. The summed E-state index contributed by atoms with van der Waals surface area (Å²) in [4.78, 5) is 12.1. The number of nitriles is 1. The summed E-state index contributed by atoms with van der Waals surface area (Å²) >= 11 is 0. The van der Waals surface area contributed by atoms with Crippen molar-refractivity contribution in [3.05, 3.63) is 108 Å². The van der Waals surface area contributed by atoms with Crippen molar-refractivity contribution in [2.75, 3.05) is 6.61 Å². The smallest absolute Gasteiger partial charge is 0.349 e. The fourth-order valence-electron chi connectivity index (χ4n) is 3.21. The number of benzene rings is 4. The van der Waals surface area contributed by atoms with E-state index in [-0.39, 0.29) is 17.9 Å². The molecule has 4 nitrogen and oxygen atoms in total. The van der Waals surface area contributed by atoms with Crippen LogP contribution in [0.1, 0.15) is 5.56 Å². The van der Waals surface area contributed by atoms with E-state index in [0.29, 0.717) is 16.9 Å². The van der Waals surface area contributed by atoms with Crippen molar-refractivity contribution >= 4 is 5.97 Å². The van der Waals surface area contributed by atoms with E-state index in [2.05, 4.69) is 6.07 Å². The van der Waals surface area contributed by atoms with Crippen LogP contribution < -0.4 is 9.47 Å². The molecule has 162 valence electrons. The molecule has 0 saturated heterocycles. The van der Waals surface area contributed by atoms with Gasteiger partial charge in [0, 0.05) is 11.6 Å². The van der Waals surface area contributed by atoms with E-state index in [9.17, 15) is 13.6 Å². The van der Waals surface area contributed by atoms with Gasteiger partial charge in [0.15, 0.2) is 6.61 Å². The monoisotopic (exact) mass is 441 g/mol. The van der Waals surface area contributed by atoms with Crippen LogP contribution in [0.3, 0.4) is 0 Å². The third-order valence-corrected chi connectivity index (χ3v) is 4.89. The summed E-state index contributed by atoms with van der Waals surface area (Å²) in [5.74, 6) is -1.16. The third kappa shape index (κ3) is 5.41. The summed E-state index contributed by atoms with van der Waals surface area (Å²) in [6.45, 7) is -0.350. The van der Waals surface area contributed by atoms with Crippen LogP contribution in [0, 0.1) is 23.0 Å².